The quantitative estimate of drug-likeness (QED) is 0.628. The van der Waals surface area contributed by atoms with Crippen molar-refractivity contribution in [3.8, 4) is 0 Å². The third-order valence-corrected chi connectivity index (χ3v) is 3.49. The number of nitrogens with two attached hydrogens (primary N) is 1. The lowest BCUT2D eigenvalue weighted by atomic mass is 10.3. The topological polar surface area (TPSA) is 50.4 Å². The largest absolute Gasteiger partial charge is 0.370 e. The maximum Gasteiger partial charge on any atom is 0.188 e. The van der Waals surface area contributed by atoms with Crippen LogP contribution in [0.5, 0.6) is 0 Å². The SMILES string of the molecule is NC(=NCCc1ccc(Cl)s1)NC1CC1. The molecule has 1 aliphatic carbocycles. The van der Waals surface area contributed by atoms with Gasteiger partial charge in [-0.15, -0.1) is 11.3 Å². The molecule has 0 aliphatic heterocycles. The molecule has 3 N–H and O–H groups in total. The third-order valence-electron chi connectivity index (χ3n) is 2.20. The normalized spacial score (nSPS) is 16.7. The summed E-state index contributed by atoms with van der Waals surface area (Å²) >= 11 is 7.43. The minimum absolute atomic E-state index is 0.570. The number of hydrogen-bond acceptors (Lipinski definition) is 2. The first-order valence-electron chi connectivity index (χ1n) is 5.05. The van der Waals surface area contributed by atoms with Crippen molar-refractivity contribution in [1.82, 2.24) is 5.32 Å². The van der Waals surface area contributed by atoms with Gasteiger partial charge in [0.2, 0.25) is 0 Å². The lowest BCUT2D eigenvalue weighted by Gasteiger charge is -2.01. The lowest BCUT2D eigenvalue weighted by molar-refractivity contribution is 0.873. The summed E-state index contributed by atoms with van der Waals surface area (Å²) in [6.07, 6.45) is 3.35. The van der Waals surface area contributed by atoms with Crippen LogP contribution in [0.3, 0.4) is 0 Å². The van der Waals surface area contributed by atoms with Gasteiger partial charge in [0.1, 0.15) is 0 Å². The van der Waals surface area contributed by atoms with Crippen molar-refractivity contribution >= 4 is 28.9 Å². The minimum atomic E-state index is 0.570. The van der Waals surface area contributed by atoms with Crippen molar-refractivity contribution < 1.29 is 0 Å². The molecular formula is C10H14ClN3S. The van der Waals surface area contributed by atoms with Gasteiger partial charge >= 0.3 is 0 Å². The second-order valence-electron chi connectivity index (χ2n) is 3.64. The summed E-state index contributed by atoms with van der Waals surface area (Å²) < 4.78 is 0.832. The van der Waals surface area contributed by atoms with Crippen LogP contribution in [-0.4, -0.2) is 18.5 Å². The van der Waals surface area contributed by atoms with Crippen molar-refractivity contribution in [1.29, 1.82) is 0 Å². The van der Waals surface area contributed by atoms with Gasteiger partial charge in [-0.2, -0.15) is 0 Å². The number of nitrogens with zero attached hydrogens (tertiary/aromatic N) is 1. The van der Waals surface area contributed by atoms with Crippen LogP contribution in [0.25, 0.3) is 0 Å². The van der Waals surface area contributed by atoms with E-state index >= 15 is 0 Å². The van der Waals surface area contributed by atoms with Crippen molar-refractivity contribution in [2.45, 2.75) is 25.3 Å². The number of guanidine groups is 1. The molecule has 2 rings (SSSR count). The second-order valence-corrected chi connectivity index (χ2v) is 5.44. The van der Waals surface area contributed by atoms with Crippen LogP contribution in [0.1, 0.15) is 17.7 Å². The molecule has 0 radical (unpaired) electrons. The summed E-state index contributed by atoms with van der Waals surface area (Å²) in [5.41, 5.74) is 5.70. The smallest absolute Gasteiger partial charge is 0.188 e. The van der Waals surface area contributed by atoms with Crippen LogP contribution in [0, 0.1) is 0 Å². The Hall–Kier alpha value is -0.740. The standard InChI is InChI=1S/C10H14ClN3S/c11-9-4-3-8(15-9)5-6-13-10(12)14-7-1-2-7/h3-4,7H,1-2,5-6H2,(H3,12,13,14). The molecule has 0 bridgehead atoms. The molecule has 0 atom stereocenters. The summed E-state index contributed by atoms with van der Waals surface area (Å²) in [7, 11) is 0. The van der Waals surface area contributed by atoms with E-state index < -0.39 is 0 Å². The predicted molar refractivity (Wildman–Crippen MR) is 65.7 cm³/mol. The van der Waals surface area contributed by atoms with Gasteiger partial charge in [0.25, 0.3) is 0 Å². The number of aliphatic imine (C=N–C) groups is 1. The fraction of sp³-hybridized carbons (Fsp3) is 0.500. The summed E-state index contributed by atoms with van der Waals surface area (Å²) in [5, 5.41) is 3.15. The van der Waals surface area contributed by atoms with Crippen molar-refractivity contribution in [3.63, 3.8) is 0 Å². The Balaban J connectivity index is 1.72. The molecule has 1 aromatic rings. The monoisotopic (exact) mass is 243 g/mol. The Kier molecular flexibility index (Phi) is 3.49. The van der Waals surface area contributed by atoms with Gasteiger partial charge in [-0.3, -0.25) is 4.99 Å². The van der Waals surface area contributed by atoms with Crippen molar-refractivity contribution in [3.05, 3.63) is 21.3 Å². The van der Waals surface area contributed by atoms with Crippen molar-refractivity contribution in [2.75, 3.05) is 6.54 Å². The molecule has 1 heterocycles. The molecule has 1 aliphatic rings. The van der Waals surface area contributed by atoms with Gasteiger partial charge < -0.3 is 11.1 Å². The molecule has 0 unspecified atom stereocenters. The Bertz CT molecular complexity index is 357. The summed E-state index contributed by atoms with van der Waals surface area (Å²) in [6.45, 7) is 0.725. The molecule has 1 aromatic heterocycles. The van der Waals surface area contributed by atoms with Gasteiger partial charge in [-0.25, -0.2) is 0 Å². The second kappa shape index (κ2) is 4.86. The highest BCUT2D eigenvalue weighted by molar-refractivity contribution is 7.16. The van der Waals surface area contributed by atoms with E-state index in [-0.39, 0.29) is 0 Å². The zero-order chi connectivity index (χ0) is 10.7. The Morgan fingerprint density at radius 3 is 3.00 bits per heavy atom. The van der Waals surface area contributed by atoms with E-state index in [0.29, 0.717) is 12.0 Å². The zero-order valence-electron chi connectivity index (χ0n) is 8.37. The summed E-state index contributed by atoms with van der Waals surface area (Å²) in [5.74, 6) is 0.570. The van der Waals surface area contributed by atoms with Crippen LogP contribution in [0.2, 0.25) is 4.34 Å². The van der Waals surface area contributed by atoms with Gasteiger partial charge in [0, 0.05) is 23.9 Å². The van der Waals surface area contributed by atoms with Crippen molar-refractivity contribution in [2.24, 2.45) is 10.7 Å². The Morgan fingerprint density at radius 1 is 1.60 bits per heavy atom. The molecule has 1 fully saturated rings. The van der Waals surface area contributed by atoms with Crippen LogP contribution in [0.15, 0.2) is 17.1 Å². The van der Waals surface area contributed by atoms with Gasteiger partial charge in [0.05, 0.1) is 4.34 Å². The van der Waals surface area contributed by atoms with Crippen LogP contribution in [0.4, 0.5) is 0 Å². The number of rotatable bonds is 4. The molecule has 5 heteroatoms. The molecular weight excluding hydrogens is 230 g/mol. The zero-order valence-corrected chi connectivity index (χ0v) is 9.94. The average molecular weight is 244 g/mol. The highest BCUT2D eigenvalue weighted by Crippen LogP contribution is 2.21. The molecule has 3 nitrogen and oxygen atoms in total. The minimum Gasteiger partial charge on any atom is -0.370 e. The Morgan fingerprint density at radius 2 is 2.40 bits per heavy atom. The van der Waals surface area contributed by atoms with E-state index in [1.54, 1.807) is 11.3 Å². The maximum absolute atomic E-state index is 5.82. The predicted octanol–water partition coefficient (Wildman–Crippen LogP) is 2.01. The van der Waals surface area contributed by atoms with Gasteiger partial charge in [-0.1, -0.05) is 11.6 Å². The van der Waals surface area contributed by atoms with Gasteiger partial charge in [0.15, 0.2) is 5.96 Å². The fourth-order valence-corrected chi connectivity index (χ4v) is 2.33. The highest BCUT2D eigenvalue weighted by Gasteiger charge is 2.21. The van der Waals surface area contributed by atoms with E-state index in [4.69, 9.17) is 17.3 Å². The third kappa shape index (κ3) is 3.72. The first-order valence-corrected chi connectivity index (χ1v) is 6.24. The fourth-order valence-electron chi connectivity index (χ4n) is 1.26. The summed E-state index contributed by atoms with van der Waals surface area (Å²) in [4.78, 5) is 5.51. The molecule has 82 valence electrons. The van der Waals surface area contributed by atoms with Crippen LogP contribution < -0.4 is 11.1 Å². The number of halogens is 1. The van der Waals surface area contributed by atoms with E-state index in [1.807, 2.05) is 12.1 Å². The van der Waals surface area contributed by atoms with Crippen LogP contribution >= 0.6 is 22.9 Å². The number of thiophene rings is 1. The molecule has 1 saturated carbocycles. The van der Waals surface area contributed by atoms with E-state index in [1.165, 1.54) is 17.7 Å². The molecule has 0 saturated heterocycles. The number of nitrogens with one attached hydrogen (secondary N) is 1. The van der Waals surface area contributed by atoms with Gasteiger partial charge in [-0.05, 0) is 25.0 Å². The molecule has 15 heavy (non-hydrogen) atoms. The Labute approximate surface area is 98.3 Å². The van der Waals surface area contributed by atoms with Crippen LogP contribution in [-0.2, 0) is 6.42 Å². The highest BCUT2D eigenvalue weighted by atomic mass is 35.5. The van der Waals surface area contributed by atoms with E-state index in [0.717, 1.165) is 17.3 Å². The average Bonchev–Trinajstić information content (AvgIpc) is 2.89. The van der Waals surface area contributed by atoms with E-state index in [2.05, 4.69) is 10.3 Å². The lowest BCUT2D eigenvalue weighted by Crippen LogP contribution is -2.33. The summed E-state index contributed by atoms with van der Waals surface area (Å²) in [6, 6.07) is 4.52. The molecule has 0 spiro atoms. The first-order chi connectivity index (χ1) is 7.24. The van der Waals surface area contributed by atoms with E-state index in [9.17, 15) is 0 Å². The molecule has 0 amide bonds. The first kappa shape index (κ1) is 10.8. The number of hydrogen-bond donors (Lipinski definition) is 2. The molecule has 0 aromatic carbocycles. The maximum atomic E-state index is 5.82.